The van der Waals surface area contributed by atoms with Crippen LogP contribution in [-0.2, 0) is 11.3 Å². The minimum absolute atomic E-state index is 0.0174. The lowest BCUT2D eigenvalue weighted by molar-refractivity contribution is -0.121. The van der Waals surface area contributed by atoms with Crippen LogP contribution < -0.4 is 11.1 Å². The van der Waals surface area contributed by atoms with Crippen LogP contribution in [0.2, 0.25) is 0 Å². The molecular weight excluding hydrogens is 216 g/mol. The Morgan fingerprint density at radius 2 is 2.12 bits per heavy atom. The van der Waals surface area contributed by atoms with Gasteiger partial charge in [-0.25, -0.2) is 0 Å². The maximum atomic E-state index is 11.7. The number of hydrogen-bond acceptors (Lipinski definition) is 3. The van der Waals surface area contributed by atoms with Crippen molar-refractivity contribution in [3.05, 3.63) is 11.4 Å². The smallest absolute Gasteiger partial charge is 0.241 e. The van der Waals surface area contributed by atoms with Crippen molar-refractivity contribution in [1.29, 1.82) is 0 Å². The fraction of sp³-hybridized carbons (Fsp3) is 0.667. The highest BCUT2D eigenvalue weighted by Gasteiger charge is 2.10. The number of anilines is 1. The first-order valence-corrected chi connectivity index (χ1v) is 5.98. The van der Waals surface area contributed by atoms with Crippen molar-refractivity contribution in [3.8, 4) is 0 Å². The number of carbonyl (C=O) groups is 1. The number of nitrogen functional groups attached to an aromatic ring is 1. The van der Waals surface area contributed by atoms with Crippen molar-refractivity contribution in [2.45, 2.75) is 40.7 Å². The second-order valence-corrected chi connectivity index (χ2v) is 4.77. The van der Waals surface area contributed by atoms with Gasteiger partial charge >= 0.3 is 0 Å². The summed E-state index contributed by atoms with van der Waals surface area (Å²) >= 11 is 0. The zero-order valence-corrected chi connectivity index (χ0v) is 11.1. The number of rotatable bonds is 5. The predicted molar refractivity (Wildman–Crippen MR) is 68.6 cm³/mol. The van der Waals surface area contributed by atoms with E-state index in [9.17, 15) is 4.79 Å². The molecule has 3 N–H and O–H groups in total. The third kappa shape index (κ3) is 3.76. The Bertz CT molecular complexity index is 395. The van der Waals surface area contributed by atoms with E-state index in [2.05, 4.69) is 24.3 Å². The highest BCUT2D eigenvalue weighted by molar-refractivity contribution is 5.75. The Morgan fingerprint density at radius 3 is 2.59 bits per heavy atom. The van der Waals surface area contributed by atoms with Gasteiger partial charge in [0.15, 0.2) is 0 Å². The van der Waals surface area contributed by atoms with Crippen LogP contribution in [0, 0.1) is 19.8 Å². The molecule has 0 aliphatic heterocycles. The Balaban J connectivity index is 2.48. The predicted octanol–water partition coefficient (Wildman–Crippen LogP) is 1.24. The second-order valence-electron chi connectivity index (χ2n) is 4.77. The summed E-state index contributed by atoms with van der Waals surface area (Å²) in [5.74, 6) is 0.580. The molecule has 1 aromatic heterocycles. The van der Waals surface area contributed by atoms with Gasteiger partial charge in [0.25, 0.3) is 0 Å². The molecule has 1 heterocycles. The van der Waals surface area contributed by atoms with E-state index < -0.39 is 0 Å². The van der Waals surface area contributed by atoms with E-state index in [1.165, 1.54) is 0 Å². The largest absolute Gasteiger partial charge is 0.396 e. The van der Waals surface area contributed by atoms with Crippen LogP contribution in [0.4, 0.5) is 5.69 Å². The molecule has 96 valence electrons. The molecular formula is C12H22N4O. The fourth-order valence-electron chi connectivity index (χ4n) is 1.56. The lowest BCUT2D eigenvalue weighted by atomic mass is 10.1. The maximum Gasteiger partial charge on any atom is 0.241 e. The van der Waals surface area contributed by atoms with Gasteiger partial charge in [-0.05, 0) is 26.2 Å². The highest BCUT2D eigenvalue weighted by Crippen LogP contribution is 2.14. The molecule has 0 atom stereocenters. The average Bonchev–Trinajstić information content (AvgIpc) is 2.46. The van der Waals surface area contributed by atoms with Gasteiger partial charge < -0.3 is 11.1 Å². The Kier molecular flexibility index (Phi) is 4.54. The minimum atomic E-state index is -0.0174. The zero-order valence-electron chi connectivity index (χ0n) is 11.1. The summed E-state index contributed by atoms with van der Waals surface area (Å²) in [6.07, 6.45) is 0.991. The zero-order chi connectivity index (χ0) is 13.0. The summed E-state index contributed by atoms with van der Waals surface area (Å²) in [6.45, 7) is 8.93. The van der Waals surface area contributed by atoms with Crippen LogP contribution in [0.25, 0.3) is 0 Å². The number of nitrogens with one attached hydrogen (secondary N) is 1. The molecule has 0 bridgehead atoms. The second kappa shape index (κ2) is 5.70. The third-order valence-corrected chi connectivity index (χ3v) is 2.77. The van der Waals surface area contributed by atoms with Crippen LogP contribution in [0.5, 0.6) is 0 Å². The number of hydrogen-bond donors (Lipinski definition) is 2. The van der Waals surface area contributed by atoms with Crippen molar-refractivity contribution in [2.24, 2.45) is 5.92 Å². The fourth-order valence-corrected chi connectivity index (χ4v) is 1.56. The Labute approximate surface area is 102 Å². The van der Waals surface area contributed by atoms with E-state index in [0.717, 1.165) is 17.8 Å². The van der Waals surface area contributed by atoms with Gasteiger partial charge in [0.1, 0.15) is 6.54 Å². The van der Waals surface area contributed by atoms with E-state index >= 15 is 0 Å². The molecule has 0 saturated heterocycles. The molecule has 0 saturated carbocycles. The van der Waals surface area contributed by atoms with Crippen LogP contribution >= 0.6 is 0 Å². The van der Waals surface area contributed by atoms with Gasteiger partial charge in [-0.1, -0.05) is 13.8 Å². The van der Waals surface area contributed by atoms with Crippen molar-refractivity contribution >= 4 is 11.6 Å². The molecule has 1 aromatic rings. The summed E-state index contributed by atoms with van der Waals surface area (Å²) in [7, 11) is 0. The number of aromatic nitrogens is 2. The minimum Gasteiger partial charge on any atom is -0.396 e. The van der Waals surface area contributed by atoms with Crippen LogP contribution in [0.1, 0.15) is 31.7 Å². The van der Waals surface area contributed by atoms with Crippen molar-refractivity contribution in [2.75, 3.05) is 12.3 Å². The average molecular weight is 238 g/mol. The number of amides is 1. The topological polar surface area (TPSA) is 72.9 Å². The van der Waals surface area contributed by atoms with Crippen LogP contribution in [0.15, 0.2) is 0 Å². The summed E-state index contributed by atoms with van der Waals surface area (Å²) in [4.78, 5) is 11.7. The molecule has 17 heavy (non-hydrogen) atoms. The number of nitrogens with zero attached hydrogens (tertiary/aromatic N) is 2. The van der Waals surface area contributed by atoms with Gasteiger partial charge in [-0.3, -0.25) is 9.48 Å². The molecule has 1 rings (SSSR count). The van der Waals surface area contributed by atoms with Crippen molar-refractivity contribution in [3.63, 3.8) is 0 Å². The van der Waals surface area contributed by atoms with E-state index in [0.29, 0.717) is 18.2 Å². The van der Waals surface area contributed by atoms with Gasteiger partial charge in [0.05, 0.1) is 17.1 Å². The lowest BCUT2D eigenvalue weighted by Crippen LogP contribution is -2.29. The number of carbonyl (C=O) groups excluding carboxylic acids is 1. The molecule has 0 unspecified atom stereocenters. The summed E-state index contributed by atoms with van der Waals surface area (Å²) in [6, 6.07) is 0. The lowest BCUT2D eigenvalue weighted by Gasteiger charge is -2.08. The summed E-state index contributed by atoms with van der Waals surface area (Å²) in [5.41, 5.74) is 8.09. The maximum absolute atomic E-state index is 11.7. The molecule has 0 aromatic carbocycles. The van der Waals surface area contributed by atoms with Crippen LogP contribution in [-0.4, -0.2) is 22.2 Å². The SMILES string of the molecule is Cc1nn(CC(=O)NCCC(C)C)c(C)c1N. The van der Waals surface area contributed by atoms with E-state index in [4.69, 9.17) is 5.73 Å². The first kappa shape index (κ1) is 13.5. The number of nitrogens with two attached hydrogens (primary N) is 1. The normalized spacial score (nSPS) is 10.9. The summed E-state index contributed by atoms with van der Waals surface area (Å²) in [5, 5.41) is 7.10. The van der Waals surface area contributed by atoms with Crippen LogP contribution in [0.3, 0.4) is 0 Å². The molecule has 1 amide bonds. The van der Waals surface area contributed by atoms with Gasteiger partial charge in [-0.15, -0.1) is 0 Å². The monoisotopic (exact) mass is 238 g/mol. The molecule has 5 nitrogen and oxygen atoms in total. The van der Waals surface area contributed by atoms with Gasteiger partial charge in [0, 0.05) is 6.54 Å². The molecule has 0 fully saturated rings. The molecule has 0 spiro atoms. The molecule has 0 aliphatic rings. The first-order valence-electron chi connectivity index (χ1n) is 5.98. The standard InChI is InChI=1S/C12H22N4O/c1-8(2)5-6-14-11(17)7-16-10(4)12(13)9(3)15-16/h8H,5-7,13H2,1-4H3,(H,14,17). The first-order chi connectivity index (χ1) is 7.91. The van der Waals surface area contributed by atoms with Gasteiger partial charge in [0.2, 0.25) is 5.91 Å². The molecule has 0 aliphatic carbocycles. The number of aryl methyl sites for hydroxylation is 1. The Hall–Kier alpha value is -1.52. The Morgan fingerprint density at radius 1 is 1.47 bits per heavy atom. The van der Waals surface area contributed by atoms with Crippen molar-refractivity contribution < 1.29 is 4.79 Å². The molecule has 5 heteroatoms. The van der Waals surface area contributed by atoms with E-state index in [-0.39, 0.29) is 12.5 Å². The summed E-state index contributed by atoms with van der Waals surface area (Å²) < 4.78 is 1.65. The van der Waals surface area contributed by atoms with Crippen molar-refractivity contribution in [1.82, 2.24) is 15.1 Å². The third-order valence-electron chi connectivity index (χ3n) is 2.77. The van der Waals surface area contributed by atoms with E-state index in [1.54, 1.807) is 4.68 Å². The quantitative estimate of drug-likeness (QED) is 0.810. The van der Waals surface area contributed by atoms with Gasteiger partial charge in [-0.2, -0.15) is 5.10 Å². The highest BCUT2D eigenvalue weighted by atomic mass is 16.2. The molecule has 0 radical (unpaired) electrons. The van der Waals surface area contributed by atoms with E-state index in [1.807, 2.05) is 13.8 Å².